The Morgan fingerprint density at radius 1 is 1.33 bits per heavy atom. The fourth-order valence-electron chi connectivity index (χ4n) is 2.19. The number of amidine groups is 1. The van der Waals surface area contributed by atoms with Gasteiger partial charge in [-0.3, -0.25) is 4.79 Å². The van der Waals surface area contributed by atoms with E-state index in [0.29, 0.717) is 11.1 Å². The third-order valence-corrected chi connectivity index (χ3v) is 3.21. The molecule has 0 saturated carbocycles. The van der Waals surface area contributed by atoms with Crippen LogP contribution in [0.2, 0.25) is 0 Å². The largest absolute Gasteiger partial charge is 0.409 e. The van der Waals surface area contributed by atoms with Gasteiger partial charge < -0.3 is 15.5 Å². The Hall–Kier alpha value is -3.15. The second-order valence-corrected chi connectivity index (χ2v) is 4.52. The molecule has 0 amide bonds. The predicted octanol–water partition coefficient (Wildman–Crippen LogP) is 1.93. The van der Waals surface area contributed by atoms with Gasteiger partial charge in [0.2, 0.25) is 0 Å². The SMILES string of the molecule is N/C(=N\O)c1cccc(-n2ccc3cc(C=O)cnc32)c1. The number of aldehydes is 1. The molecule has 6 nitrogen and oxygen atoms in total. The Balaban J connectivity index is 2.14. The molecule has 0 saturated heterocycles. The van der Waals surface area contributed by atoms with Gasteiger partial charge in [0.15, 0.2) is 12.1 Å². The molecular weight excluding hydrogens is 268 g/mol. The van der Waals surface area contributed by atoms with Crippen LogP contribution in [0.1, 0.15) is 15.9 Å². The summed E-state index contributed by atoms with van der Waals surface area (Å²) in [6.45, 7) is 0. The number of oxime groups is 1. The number of nitrogens with two attached hydrogens (primary N) is 1. The quantitative estimate of drug-likeness (QED) is 0.252. The number of hydrogen-bond donors (Lipinski definition) is 2. The summed E-state index contributed by atoms with van der Waals surface area (Å²) < 4.78 is 1.87. The first kappa shape index (κ1) is 12.9. The molecule has 0 aliphatic carbocycles. The second kappa shape index (κ2) is 5.09. The maximum atomic E-state index is 10.8. The zero-order valence-corrected chi connectivity index (χ0v) is 11.0. The van der Waals surface area contributed by atoms with Crippen LogP contribution in [0.25, 0.3) is 16.7 Å². The molecule has 2 heterocycles. The smallest absolute Gasteiger partial charge is 0.170 e. The number of rotatable bonds is 3. The lowest BCUT2D eigenvalue weighted by atomic mass is 10.2. The Labute approximate surface area is 120 Å². The number of carbonyl (C=O) groups excluding carboxylic acids is 1. The van der Waals surface area contributed by atoms with E-state index < -0.39 is 0 Å². The first-order valence-corrected chi connectivity index (χ1v) is 6.23. The number of benzene rings is 1. The maximum absolute atomic E-state index is 10.8. The number of aromatic nitrogens is 2. The van der Waals surface area contributed by atoms with Crippen LogP contribution in [-0.2, 0) is 0 Å². The number of nitrogens with zero attached hydrogens (tertiary/aromatic N) is 3. The van der Waals surface area contributed by atoms with Gasteiger partial charge in [-0.25, -0.2) is 4.98 Å². The van der Waals surface area contributed by atoms with E-state index in [4.69, 9.17) is 10.9 Å². The summed E-state index contributed by atoms with van der Waals surface area (Å²) in [7, 11) is 0. The van der Waals surface area contributed by atoms with E-state index in [2.05, 4.69) is 10.1 Å². The molecule has 0 atom stereocenters. The highest BCUT2D eigenvalue weighted by Gasteiger charge is 2.07. The lowest BCUT2D eigenvalue weighted by Crippen LogP contribution is -2.13. The molecule has 3 rings (SSSR count). The van der Waals surface area contributed by atoms with Gasteiger partial charge in [0.1, 0.15) is 5.65 Å². The summed E-state index contributed by atoms with van der Waals surface area (Å²) in [5, 5.41) is 12.6. The molecule has 0 spiro atoms. The maximum Gasteiger partial charge on any atom is 0.170 e. The van der Waals surface area contributed by atoms with Crippen molar-refractivity contribution < 1.29 is 10.0 Å². The molecule has 0 aliphatic rings. The van der Waals surface area contributed by atoms with E-state index in [1.54, 1.807) is 18.2 Å². The Kier molecular flexibility index (Phi) is 3.12. The first-order valence-electron chi connectivity index (χ1n) is 6.23. The zero-order valence-electron chi connectivity index (χ0n) is 11.0. The molecule has 21 heavy (non-hydrogen) atoms. The molecule has 3 aromatic rings. The first-order chi connectivity index (χ1) is 10.2. The minimum absolute atomic E-state index is 0.0458. The van der Waals surface area contributed by atoms with Crippen molar-refractivity contribution in [2.24, 2.45) is 10.9 Å². The van der Waals surface area contributed by atoms with Gasteiger partial charge in [0.05, 0.1) is 0 Å². The van der Waals surface area contributed by atoms with Gasteiger partial charge in [-0.2, -0.15) is 0 Å². The molecule has 3 N–H and O–H groups in total. The van der Waals surface area contributed by atoms with E-state index >= 15 is 0 Å². The summed E-state index contributed by atoms with van der Waals surface area (Å²) in [6.07, 6.45) is 4.15. The van der Waals surface area contributed by atoms with Crippen LogP contribution in [-0.4, -0.2) is 26.9 Å². The third-order valence-electron chi connectivity index (χ3n) is 3.21. The minimum Gasteiger partial charge on any atom is -0.409 e. The second-order valence-electron chi connectivity index (χ2n) is 4.52. The van der Waals surface area contributed by atoms with E-state index in [1.807, 2.05) is 29.0 Å². The molecule has 2 aromatic heterocycles. The van der Waals surface area contributed by atoms with Gasteiger partial charge in [-0.05, 0) is 24.3 Å². The number of fused-ring (bicyclic) bond motifs is 1. The fraction of sp³-hybridized carbons (Fsp3) is 0. The zero-order chi connectivity index (χ0) is 14.8. The summed E-state index contributed by atoms with van der Waals surface area (Å²) >= 11 is 0. The van der Waals surface area contributed by atoms with Crippen molar-refractivity contribution in [3.8, 4) is 5.69 Å². The Bertz CT molecular complexity index is 852. The van der Waals surface area contributed by atoms with Crippen molar-refractivity contribution in [1.82, 2.24) is 9.55 Å². The van der Waals surface area contributed by atoms with Crippen molar-refractivity contribution >= 4 is 23.2 Å². The number of pyridine rings is 1. The standard InChI is InChI=1S/C15H12N4O2/c16-14(18-21)11-2-1-3-13(7-11)19-5-4-12-6-10(9-20)8-17-15(12)19/h1-9,21H,(H2,16,18). The van der Waals surface area contributed by atoms with E-state index in [9.17, 15) is 4.79 Å². The van der Waals surface area contributed by atoms with Crippen molar-refractivity contribution in [2.45, 2.75) is 0 Å². The molecule has 104 valence electrons. The lowest BCUT2D eigenvalue weighted by Gasteiger charge is -2.07. The van der Waals surface area contributed by atoms with Crippen molar-refractivity contribution in [3.05, 3.63) is 59.9 Å². The van der Waals surface area contributed by atoms with Crippen LogP contribution in [0.15, 0.2) is 53.9 Å². The minimum atomic E-state index is 0.0458. The van der Waals surface area contributed by atoms with Crippen LogP contribution < -0.4 is 5.73 Å². The third kappa shape index (κ3) is 2.23. The highest BCUT2D eigenvalue weighted by atomic mass is 16.4. The van der Waals surface area contributed by atoms with Gasteiger partial charge in [-0.1, -0.05) is 17.3 Å². The van der Waals surface area contributed by atoms with Gasteiger partial charge in [0, 0.05) is 34.6 Å². The topological polar surface area (TPSA) is 93.5 Å². The predicted molar refractivity (Wildman–Crippen MR) is 79.0 cm³/mol. The molecule has 6 heteroatoms. The van der Waals surface area contributed by atoms with Crippen molar-refractivity contribution in [3.63, 3.8) is 0 Å². The Morgan fingerprint density at radius 2 is 2.19 bits per heavy atom. The monoisotopic (exact) mass is 280 g/mol. The summed E-state index contributed by atoms with van der Waals surface area (Å²) in [5.74, 6) is 0.0458. The molecule has 0 unspecified atom stereocenters. The number of carbonyl (C=O) groups is 1. The lowest BCUT2D eigenvalue weighted by molar-refractivity contribution is 0.112. The average molecular weight is 280 g/mol. The molecule has 0 aliphatic heterocycles. The molecular formula is C15H12N4O2. The average Bonchev–Trinajstić information content (AvgIpc) is 2.97. The molecule has 0 bridgehead atoms. The van der Waals surface area contributed by atoms with Crippen LogP contribution >= 0.6 is 0 Å². The van der Waals surface area contributed by atoms with Gasteiger partial charge >= 0.3 is 0 Å². The fourth-order valence-corrected chi connectivity index (χ4v) is 2.19. The van der Waals surface area contributed by atoms with E-state index in [1.165, 1.54) is 6.20 Å². The van der Waals surface area contributed by atoms with Crippen LogP contribution in [0, 0.1) is 0 Å². The van der Waals surface area contributed by atoms with Crippen LogP contribution in [0.3, 0.4) is 0 Å². The van der Waals surface area contributed by atoms with E-state index in [0.717, 1.165) is 23.0 Å². The molecule has 0 radical (unpaired) electrons. The summed E-state index contributed by atoms with van der Waals surface area (Å²) in [6, 6.07) is 10.9. The van der Waals surface area contributed by atoms with Crippen molar-refractivity contribution in [1.29, 1.82) is 0 Å². The highest BCUT2D eigenvalue weighted by molar-refractivity contribution is 5.97. The summed E-state index contributed by atoms with van der Waals surface area (Å²) in [5.41, 5.74) is 8.32. The Morgan fingerprint density at radius 3 is 2.95 bits per heavy atom. The van der Waals surface area contributed by atoms with Crippen LogP contribution in [0.5, 0.6) is 0 Å². The van der Waals surface area contributed by atoms with E-state index in [-0.39, 0.29) is 5.84 Å². The normalized spacial score (nSPS) is 11.7. The van der Waals surface area contributed by atoms with Crippen LogP contribution in [0.4, 0.5) is 0 Å². The highest BCUT2D eigenvalue weighted by Crippen LogP contribution is 2.20. The van der Waals surface area contributed by atoms with Crippen molar-refractivity contribution in [2.75, 3.05) is 0 Å². The van der Waals surface area contributed by atoms with Gasteiger partial charge in [-0.15, -0.1) is 0 Å². The number of hydrogen-bond acceptors (Lipinski definition) is 4. The van der Waals surface area contributed by atoms with Gasteiger partial charge in [0.25, 0.3) is 0 Å². The molecule has 0 fully saturated rings. The summed E-state index contributed by atoms with van der Waals surface area (Å²) in [4.78, 5) is 15.1. The molecule has 1 aromatic carbocycles.